The largest absolute Gasteiger partial charge is 0.309 e. The highest BCUT2D eigenvalue weighted by molar-refractivity contribution is 7.26. The highest BCUT2D eigenvalue weighted by Gasteiger charge is 2.22. The third-order valence-electron chi connectivity index (χ3n) is 9.02. The van der Waals surface area contributed by atoms with Gasteiger partial charge in [-0.1, -0.05) is 146 Å². The van der Waals surface area contributed by atoms with E-state index in [9.17, 15) is 0 Å². The van der Waals surface area contributed by atoms with Gasteiger partial charge in [-0.25, -0.2) is 0 Å². The van der Waals surface area contributed by atoms with Crippen molar-refractivity contribution in [2.75, 3.05) is 4.90 Å². The molecule has 0 saturated heterocycles. The van der Waals surface area contributed by atoms with E-state index in [1.165, 1.54) is 69.7 Å². The predicted molar refractivity (Wildman–Crippen MR) is 200 cm³/mol. The molecule has 0 spiro atoms. The minimum absolute atomic E-state index is 1.13. The lowest BCUT2D eigenvalue weighted by Gasteiger charge is -2.30. The van der Waals surface area contributed by atoms with E-state index in [1.54, 1.807) is 0 Å². The SMILES string of the molecule is c1ccc(-c2c3ccccc3c(N(c3ccccc3)c3cccc(-c4cccc5c4sc4ccccc45)c3)c3ccccc23)cc1. The van der Waals surface area contributed by atoms with Gasteiger partial charge in [0.1, 0.15) is 0 Å². The number of benzene rings is 8. The first kappa shape index (κ1) is 26.7. The molecule has 0 atom stereocenters. The zero-order valence-electron chi connectivity index (χ0n) is 25.1. The summed E-state index contributed by atoms with van der Waals surface area (Å²) < 4.78 is 2.65. The standard InChI is InChI=1S/C44H29NS/c1-3-15-30(16-4-1)42-36-22-7-9-24-38(36)43(39-25-10-8-23-37(39)42)45(32-18-5-2-6-19-32)33-20-13-17-31(29-33)34-26-14-27-40-35-21-11-12-28-41(35)46-44(34)40/h1-29H. The molecule has 9 aromatic rings. The maximum atomic E-state index is 2.45. The molecular formula is C44H29NS. The monoisotopic (exact) mass is 603 g/mol. The zero-order valence-corrected chi connectivity index (χ0v) is 25.9. The molecule has 46 heavy (non-hydrogen) atoms. The first-order chi connectivity index (χ1) is 22.8. The maximum absolute atomic E-state index is 2.45. The molecule has 1 heterocycles. The first-order valence-electron chi connectivity index (χ1n) is 15.7. The molecule has 0 aliphatic heterocycles. The summed E-state index contributed by atoms with van der Waals surface area (Å²) in [5.41, 5.74) is 8.43. The number of hydrogen-bond acceptors (Lipinski definition) is 2. The van der Waals surface area contributed by atoms with Crippen molar-refractivity contribution >= 4 is 70.1 Å². The van der Waals surface area contributed by atoms with Crippen molar-refractivity contribution in [3.8, 4) is 22.3 Å². The van der Waals surface area contributed by atoms with E-state index in [4.69, 9.17) is 0 Å². The van der Waals surface area contributed by atoms with E-state index >= 15 is 0 Å². The van der Waals surface area contributed by atoms with Gasteiger partial charge in [-0.2, -0.15) is 0 Å². The van der Waals surface area contributed by atoms with Gasteiger partial charge in [-0.15, -0.1) is 11.3 Å². The van der Waals surface area contributed by atoms with Gasteiger partial charge in [-0.3, -0.25) is 0 Å². The van der Waals surface area contributed by atoms with E-state index < -0.39 is 0 Å². The summed E-state index contributed by atoms with van der Waals surface area (Å²) in [6.07, 6.45) is 0. The fourth-order valence-electron chi connectivity index (χ4n) is 7.03. The summed E-state index contributed by atoms with van der Waals surface area (Å²) in [4.78, 5) is 2.45. The summed E-state index contributed by atoms with van der Waals surface area (Å²) in [5, 5.41) is 7.57. The summed E-state index contributed by atoms with van der Waals surface area (Å²) in [7, 11) is 0. The first-order valence-corrected chi connectivity index (χ1v) is 16.5. The minimum Gasteiger partial charge on any atom is -0.309 e. The van der Waals surface area contributed by atoms with Crippen molar-refractivity contribution < 1.29 is 0 Å². The van der Waals surface area contributed by atoms with Gasteiger partial charge in [-0.05, 0) is 63.4 Å². The third kappa shape index (κ3) is 4.30. The van der Waals surface area contributed by atoms with Crippen molar-refractivity contribution in [3.05, 3.63) is 176 Å². The van der Waals surface area contributed by atoms with E-state index in [0.29, 0.717) is 0 Å². The van der Waals surface area contributed by atoms with E-state index in [1.807, 2.05) is 11.3 Å². The van der Waals surface area contributed by atoms with Crippen molar-refractivity contribution in [2.24, 2.45) is 0 Å². The fourth-order valence-corrected chi connectivity index (χ4v) is 8.27. The van der Waals surface area contributed by atoms with Gasteiger partial charge in [0, 0.05) is 42.3 Å². The average molecular weight is 604 g/mol. The number of hydrogen-bond donors (Lipinski definition) is 0. The summed E-state index contributed by atoms with van der Waals surface area (Å²) in [5.74, 6) is 0. The van der Waals surface area contributed by atoms with Crippen LogP contribution in [0.1, 0.15) is 0 Å². The lowest BCUT2D eigenvalue weighted by Crippen LogP contribution is -2.11. The topological polar surface area (TPSA) is 3.24 Å². The molecule has 8 aromatic carbocycles. The number of fused-ring (bicyclic) bond motifs is 5. The molecule has 0 unspecified atom stereocenters. The van der Waals surface area contributed by atoms with Gasteiger partial charge in [0.05, 0.1) is 5.69 Å². The Hall–Kier alpha value is -5.70. The normalized spacial score (nSPS) is 11.5. The molecule has 2 heteroatoms. The second-order valence-corrected chi connectivity index (χ2v) is 12.7. The van der Waals surface area contributed by atoms with Gasteiger partial charge >= 0.3 is 0 Å². The van der Waals surface area contributed by atoms with Crippen LogP contribution in [-0.2, 0) is 0 Å². The quantitative estimate of drug-likeness (QED) is 0.177. The number of anilines is 3. The molecule has 9 rings (SSSR count). The van der Waals surface area contributed by atoms with Crippen LogP contribution in [0.25, 0.3) is 64.0 Å². The molecule has 1 nitrogen and oxygen atoms in total. The van der Waals surface area contributed by atoms with Crippen LogP contribution in [-0.4, -0.2) is 0 Å². The van der Waals surface area contributed by atoms with Crippen LogP contribution in [0, 0.1) is 0 Å². The molecule has 0 fully saturated rings. The maximum Gasteiger partial charge on any atom is 0.0618 e. The van der Waals surface area contributed by atoms with Crippen LogP contribution in [0.15, 0.2) is 176 Å². The minimum atomic E-state index is 1.13. The molecule has 0 radical (unpaired) electrons. The predicted octanol–water partition coefficient (Wildman–Crippen LogP) is 13.2. The smallest absolute Gasteiger partial charge is 0.0618 e. The second kappa shape index (κ2) is 11.0. The van der Waals surface area contributed by atoms with Gasteiger partial charge in [0.15, 0.2) is 0 Å². The summed E-state index contributed by atoms with van der Waals surface area (Å²) >= 11 is 1.88. The van der Waals surface area contributed by atoms with Crippen molar-refractivity contribution in [1.29, 1.82) is 0 Å². The Morgan fingerprint density at radius 2 is 0.891 bits per heavy atom. The Kier molecular flexibility index (Phi) is 6.40. The Morgan fingerprint density at radius 3 is 1.61 bits per heavy atom. The van der Waals surface area contributed by atoms with Crippen molar-refractivity contribution in [1.82, 2.24) is 0 Å². The number of nitrogens with zero attached hydrogens (tertiary/aromatic N) is 1. The van der Waals surface area contributed by atoms with E-state index in [0.717, 1.165) is 11.4 Å². The molecule has 0 aliphatic rings. The summed E-state index contributed by atoms with van der Waals surface area (Å²) in [6.45, 7) is 0. The average Bonchev–Trinajstić information content (AvgIpc) is 3.51. The highest BCUT2D eigenvalue weighted by atomic mass is 32.1. The lowest BCUT2D eigenvalue weighted by atomic mass is 9.90. The molecule has 1 aromatic heterocycles. The Bertz CT molecular complexity index is 2470. The summed E-state index contributed by atoms with van der Waals surface area (Å²) in [6, 6.07) is 63.8. The van der Waals surface area contributed by atoms with Gasteiger partial charge in [0.25, 0.3) is 0 Å². The Balaban J connectivity index is 1.33. The van der Waals surface area contributed by atoms with Crippen LogP contribution in [0.5, 0.6) is 0 Å². The molecule has 216 valence electrons. The molecule has 0 N–H and O–H groups in total. The molecule has 0 bridgehead atoms. The number of para-hydroxylation sites is 1. The van der Waals surface area contributed by atoms with Crippen molar-refractivity contribution in [3.63, 3.8) is 0 Å². The van der Waals surface area contributed by atoms with E-state index in [2.05, 4.69) is 181 Å². The molecular weight excluding hydrogens is 575 g/mol. The Morgan fingerprint density at radius 1 is 0.370 bits per heavy atom. The molecule has 0 aliphatic carbocycles. The van der Waals surface area contributed by atoms with Crippen LogP contribution >= 0.6 is 11.3 Å². The number of thiophene rings is 1. The second-order valence-electron chi connectivity index (χ2n) is 11.7. The molecule has 0 saturated carbocycles. The fraction of sp³-hybridized carbons (Fsp3) is 0. The van der Waals surface area contributed by atoms with Gasteiger partial charge in [0.2, 0.25) is 0 Å². The molecule has 0 amide bonds. The number of rotatable bonds is 5. The van der Waals surface area contributed by atoms with E-state index in [-0.39, 0.29) is 0 Å². The van der Waals surface area contributed by atoms with Crippen LogP contribution < -0.4 is 4.90 Å². The van der Waals surface area contributed by atoms with Crippen LogP contribution in [0.4, 0.5) is 17.1 Å². The van der Waals surface area contributed by atoms with Crippen molar-refractivity contribution in [2.45, 2.75) is 0 Å². The van der Waals surface area contributed by atoms with Gasteiger partial charge < -0.3 is 4.90 Å². The lowest BCUT2D eigenvalue weighted by molar-refractivity contribution is 1.31. The third-order valence-corrected chi connectivity index (χ3v) is 10.2. The van der Waals surface area contributed by atoms with Crippen LogP contribution in [0.3, 0.4) is 0 Å². The zero-order chi connectivity index (χ0) is 30.5. The highest BCUT2D eigenvalue weighted by Crippen LogP contribution is 2.49. The van der Waals surface area contributed by atoms with Crippen LogP contribution in [0.2, 0.25) is 0 Å². The Labute approximate surface area is 272 Å².